The number of nitrogens with zero attached hydrogens (tertiary/aromatic N) is 1. The average Bonchev–Trinajstić information content (AvgIpc) is 2.94. The number of ether oxygens (including phenoxy) is 4. The molecular weight excluding hydrogens is 366 g/mol. The van der Waals surface area contributed by atoms with Gasteiger partial charge in [0.25, 0.3) is 5.91 Å². The SMILES string of the molecule is C#CCOCCOCCOCCOCC(O)CN1C(=O)c2ccccc2C1O. The number of aliphatic hydroxyl groups is 2. The molecule has 0 spiro atoms. The van der Waals surface area contributed by atoms with E-state index >= 15 is 0 Å². The van der Waals surface area contributed by atoms with Crippen molar-refractivity contribution in [3.05, 3.63) is 35.4 Å². The van der Waals surface area contributed by atoms with Crippen molar-refractivity contribution in [3.63, 3.8) is 0 Å². The topological polar surface area (TPSA) is 97.7 Å². The summed E-state index contributed by atoms with van der Waals surface area (Å²) in [5.74, 6) is 2.07. The molecule has 2 N–H and O–H groups in total. The molecule has 2 atom stereocenters. The van der Waals surface area contributed by atoms with Gasteiger partial charge in [-0.05, 0) is 6.07 Å². The van der Waals surface area contributed by atoms with Gasteiger partial charge in [-0.25, -0.2) is 0 Å². The minimum absolute atomic E-state index is 0.00881. The van der Waals surface area contributed by atoms with Gasteiger partial charge >= 0.3 is 0 Å². The van der Waals surface area contributed by atoms with Gasteiger partial charge in [-0.2, -0.15) is 0 Å². The molecule has 0 radical (unpaired) electrons. The summed E-state index contributed by atoms with van der Waals surface area (Å²) in [6.45, 7) is 2.75. The molecule has 0 saturated heterocycles. The molecule has 1 aromatic carbocycles. The van der Waals surface area contributed by atoms with Gasteiger partial charge in [0.05, 0.1) is 58.9 Å². The fourth-order valence-electron chi connectivity index (χ4n) is 2.72. The van der Waals surface area contributed by atoms with Gasteiger partial charge in [0, 0.05) is 11.1 Å². The van der Waals surface area contributed by atoms with E-state index in [1.54, 1.807) is 24.3 Å². The van der Waals surface area contributed by atoms with Crippen molar-refractivity contribution in [1.82, 2.24) is 4.90 Å². The summed E-state index contributed by atoms with van der Waals surface area (Å²) in [6, 6.07) is 6.86. The minimum Gasteiger partial charge on any atom is -0.389 e. The summed E-state index contributed by atoms with van der Waals surface area (Å²) in [6.07, 6.45) is 3.10. The number of carbonyl (C=O) groups excluding carboxylic acids is 1. The first kappa shape index (κ1) is 22.3. The molecule has 1 aliphatic rings. The molecular formula is C20H27NO7. The number of benzene rings is 1. The van der Waals surface area contributed by atoms with Crippen molar-refractivity contribution in [2.45, 2.75) is 12.3 Å². The first-order valence-corrected chi connectivity index (χ1v) is 9.15. The lowest BCUT2D eigenvalue weighted by Gasteiger charge is -2.23. The number of β-amino-alcohol motifs (C(OH)–C–C–N with tert-alkyl or cyclic N) is 1. The number of carbonyl (C=O) groups is 1. The van der Waals surface area contributed by atoms with Gasteiger partial charge < -0.3 is 34.1 Å². The number of aliphatic hydroxyl groups excluding tert-OH is 2. The molecule has 8 heteroatoms. The fraction of sp³-hybridized carbons (Fsp3) is 0.550. The van der Waals surface area contributed by atoms with Crippen LogP contribution in [0.4, 0.5) is 0 Å². The second kappa shape index (κ2) is 12.5. The average molecular weight is 393 g/mol. The van der Waals surface area contributed by atoms with E-state index in [1.807, 2.05) is 0 Å². The van der Waals surface area contributed by atoms with Gasteiger partial charge in [0.1, 0.15) is 6.61 Å². The lowest BCUT2D eigenvalue weighted by Crippen LogP contribution is -2.37. The summed E-state index contributed by atoms with van der Waals surface area (Å²) in [5.41, 5.74) is 1.01. The quantitative estimate of drug-likeness (QED) is 0.344. The molecule has 28 heavy (non-hydrogen) atoms. The van der Waals surface area contributed by atoms with Crippen LogP contribution in [-0.2, 0) is 18.9 Å². The third kappa shape index (κ3) is 6.87. The maximum Gasteiger partial charge on any atom is 0.256 e. The predicted molar refractivity (Wildman–Crippen MR) is 101 cm³/mol. The van der Waals surface area contributed by atoms with Crippen molar-refractivity contribution >= 4 is 5.91 Å². The van der Waals surface area contributed by atoms with Gasteiger partial charge in [-0.15, -0.1) is 6.42 Å². The number of fused-ring (bicyclic) bond motifs is 1. The Balaban J connectivity index is 1.49. The van der Waals surface area contributed by atoms with Crippen molar-refractivity contribution < 1.29 is 34.0 Å². The largest absolute Gasteiger partial charge is 0.389 e. The maximum atomic E-state index is 12.3. The second-order valence-corrected chi connectivity index (χ2v) is 6.13. The van der Waals surface area contributed by atoms with E-state index in [-0.39, 0.29) is 25.7 Å². The lowest BCUT2D eigenvalue weighted by atomic mass is 10.1. The van der Waals surface area contributed by atoms with Crippen LogP contribution in [0.2, 0.25) is 0 Å². The monoisotopic (exact) mass is 393 g/mol. The molecule has 2 rings (SSSR count). The highest BCUT2D eigenvalue weighted by atomic mass is 16.6. The molecule has 1 aromatic rings. The van der Waals surface area contributed by atoms with Crippen LogP contribution in [0.1, 0.15) is 22.1 Å². The Morgan fingerprint density at radius 1 is 1.04 bits per heavy atom. The highest BCUT2D eigenvalue weighted by molar-refractivity contribution is 5.98. The minimum atomic E-state index is -1.04. The molecule has 1 heterocycles. The Morgan fingerprint density at radius 2 is 1.64 bits per heavy atom. The third-order valence-corrected chi connectivity index (χ3v) is 4.04. The molecule has 154 valence electrons. The molecule has 0 fully saturated rings. The van der Waals surface area contributed by atoms with Crippen LogP contribution in [0.3, 0.4) is 0 Å². The Hall–Kier alpha value is -1.99. The number of amides is 1. The Morgan fingerprint density at radius 3 is 2.29 bits per heavy atom. The molecule has 0 aliphatic carbocycles. The summed E-state index contributed by atoms with van der Waals surface area (Å²) in [5, 5.41) is 20.3. The Labute approximate surface area is 164 Å². The van der Waals surface area contributed by atoms with Gasteiger partial charge in [0.15, 0.2) is 6.23 Å². The van der Waals surface area contributed by atoms with E-state index in [4.69, 9.17) is 25.4 Å². The van der Waals surface area contributed by atoms with Crippen LogP contribution in [0, 0.1) is 12.3 Å². The van der Waals surface area contributed by atoms with Crippen molar-refractivity contribution in [3.8, 4) is 12.3 Å². The molecule has 0 bridgehead atoms. The number of rotatable bonds is 14. The van der Waals surface area contributed by atoms with Crippen LogP contribution in [0.15, 0.2) is 24.3 Å². The molecule has 2 unspecified atom stereocenters. The summed E-state index contributed by atoms with van der Waals surface area (Å²) < 4.78 is 21.0. The lowest BCUT2D eigenvalue weighted by molar-refractivity contribution is -0.0380. The molecule has 0 aromatic heterocycles. The second-order valence-electron chi connectivity index (χ2n) is 6.13. The van der Waals surface area contributed by atoms with E-state index in [0.717, 1.165) is 0 Å². The summed E-state index contributed by atoms with van der Waals surface area (Å²) >= 11 is 0. The molecule has 1 aliphatic heterocycles. The fourth-order valence-corrected chi connectivity index (χ4v) is 2.72. The molecule has 1 amide bonds. The number of hydrogen-bond acceptors (Lipinski definition) is 7. The van der Waals surface area contributed by atoms with Gasteiger partial charge in [-0.1, -0.05) is 24.1 Å². The van der Waals surface area contributed by atoms with Crippen molar-refractivity contribution in [2.24, 2.45) is 0 Å². The smallest absolute Gasteiger partial charge is 0.256 e. The van der Waals surface area contributed by atoms with E-state index in [1.165, 1.54) is 4.90 Å². The summed E-state index contributed by atoms with van der Waals surface area (Å²) in [4.78, 5) is 13.5. The van der Waals surface area contributed by atoms with Crippen molar-refractivity contribution in [1.29, 1.82) is 0 Å². The van der Waals surface area contributed by atoms with E-state index in [9.17, 15) is 15.0 Å². The zero-order chi connectivity index (χ0) is 20.2. The standard InChI is InChI=1S/C20H27NO7/c1-2-7-25-8-9-26-10-11-27-12-13-28-15-16(22)14-21-19(23)17-5-3-4-6-18(17)20(21)24/h1,3-6,16,19,22-23H,7-15H2. The van der Waals surface area contributed by atoms with Crippen LogP contribution < -0.4 is 0 Å². The zero-order valence-electron chi connectivity index (χ0n) is 15.8. The van der Waals surface area contributed by atoms with Crippen LogP contribution in [0.25, 0.3) is 0 Å². The first-order chi connectivity index (χ1) is 13.6. The highest BCUT2D eigenvalue weighted by Gasteiger charge is 2.35. The van der Waals surface area contributed by atoms with Crippen LogP contribution in [-0.4, -0.2) is 86.5 Å². The normalized spacial score (nSPS) is 16.8. The highest BCUT2D eigenvalue weighted by Crippen LogP contribution is 2.31. The third-order valence-electron chi connectivity index (χ3n) is 4.04. The molecule has 8 nitrogen and oxygen atoms in total. The van der Waals surface area contributed by atoms with Crippen molar-refractivity contribution in [2.75, 3.05) is 59.4 Å². The summed E-state index contributed by atoms with van der Waals surface area (Å²) in [7, 11) is 0. The number of hydrogen-bond donors (Lipinski definition) is 2. The van der Waals surface area contributed by atoms with E-state index in [0.29, 0.717) is 50.8 Å². The zero-order valence-corrected chi connectivity index (χ0v) is 15.8. The van der Waals surface area contributed by atoms with Crippen LogP contribution >= 0.6 is 0 Å². The number of terminal acetylenes is 1. The maximum absolute atomic E-state index is 12.3. The van der Waals surface area contributed by atoms with E-state index < -0.39 is 12.3 Å². The molecule has 0 saturated carbocycles. The van der Waals surface area contributed by atoms with Crippen LogP contribution in [0.5, 0.6) is 0 Å². The van der Waals surface area contributed by atoms with Gasteiger partial charge in [-0.3, -0.25) is 4.79 Å². The van der Waals surface area contributed by atoms with E-state index in [2.05, 4.69) is 5.92 Å². The van der Waals surface area contributed by atoms with Gasteiger partial charge in [0.2, 0.25) is 0 Å². The predicted octanol–water partition coefficient (Wildman–Crippen LogP) is 0.194. The first-order valence-electron chi connectivity index (χ1n) is 9.15. The Kier molecular flexibility index (Phi) is 9.93. The Bertz CT molecular complexity index is 646.